The number of carboxylic acids is 1. The molecule has 35 heavy (non-hydrogen) atoms. The van der Waals surface area contributed by atoms with Crippen LogP contribution < -0.4 is 9.64 Å². The van der Waals surface area contributed by atoms with Crippen LogP contribution in [-0.2, 0) is 5.41 Å². The molecule has 0 spiro atoms. The average molecular weight is 507 g/mol. The highest BCUT2D eigenvalue weighted by molar-refractivity contribution is 6.32. The lowest BCUT2D eigenvalue weighted by molar-refractivity contribution is 0.0696. The number of ether oxygens (including phenoxy) is 1. The SMILES string of the molecule is CN(c1ccc(Cl)cc1)c1ccc(C(C)(C)c2cc(Oc3ccccc3Cl)cc(C(=O)O)c2)nc1. The molecular weight excluding hydrogens is 483 g/mol. The Bertz CT molecular complexity index is 1350. The molecule has 178 valence electrons. The van der Waals surface area contributed by atoms with Crippen LogP contribution in [0.5, 0.6) is 11.5 Å². The minimum absolute atomic E-state index is 0.122. The highest BCUT2D eigenvalue weighted by Gasteiger charge is 2.27. The van der Waals surface area contributed by atoms with Crippen molar-refractivity contribution in [1.29, 1.82) is 0 Å². The fourth-order valence-electron chi connectivity index (χ4n) is 3.71. The summed E-state index contributed by atoms with van der Waals surface area (Å²) in [5.41, 5.74) is 2.97. The first-order valence-electron chi connectivity index (χ1n) is 10.9. The van der Waals surface area contributed by atoms with Gasteiger partial charge in [-0.05, 0) is 72.3 Å². The first-order chi connectivity index (χ1) is 16.6. The van der Waals surface area contributed by atoms with Crippen LogP contribution in [0, 0.1) is 0 Å². The molecule has 1 heterocycles. The molecule has 4 rings (SSSR count). The van der Waals surface area contributed by atoms with Gasteiger partial charge in [0.15, 0.2) is 0 Å². The number of para-hydroxylation sites is 1. The van der Waals surface area contributed by atoms with Crippen LogP contribution in [0.3, 0.4) is 0 Å². The van der Waals surface area contributed by atoms with E-state index in [-0.39, 0.29) is 5.56 Å². The van der Waals surface area contributed by atoms with Crippen LogP contribution in [-0.4, -0.2) is 23.1 Å². The number of aromatic carboxylic acids is 1. The number of carboxylic acid groups (broad SMARTS) is 1. The van der Waals surface area contributed by atoms with Gasteiger partial charge in [-0.25, -0.2) is 4.79 Å². The van der Waals surface area contributed by atoms with Gasteiger partial charge in [-0.2, -0.15) is 0 Å². The summed E-state index contributed by atoms with van der Waals surface area (Å²) >= 11 is 12.2. The number of pyridine rings is 1. The van der Waals surface area contributed by atoms with E-state index in [9.17, 15) is 9.90 Å². The third kappa shape index (κ3) is 5.42. The second kappa shape index (κ2) is 9.98. The number of rotatable bonds is 7. The number of aromatic nitrogens is 1. The lowest BCUT2D eigenvalue weighted by Gasteiger charge is -2.27. The summed E-state index contributed by atoms with van der Waals surface area (Å²) in [6.07, 6.45) is 1.80. The van der Waals surface area contributed by atoms with E-state index in [0.717, 1.165) is 22.6 Å². The largest absolute Gasteiger partial charge is 0.478 e. The lowest BCUT2D eigenvalue weighted by atomic mass is 9.80. The normalized spacial score (nSPS) is 11.2. The van der Waals surface area contributed by atoms with E-state index in [1.165, 1.54) is 6.07 Å². The van der Waals surface area contributed by atoms with Gasteiger partial charge in [-0.3, -0.25) is 4.98 Å². The van der Waals surface area contributed by atoms with Crippen molar-refractivity contribution in [3.63, 3.8) is 0 Å². The number of nitrogens with zero attached hydrogens (tertiary/aromatic N) is 2. The second-order valence-electron chi connectivity index (χ2n) is 8.65. The van der Waals surface area contributed by atoms with Crippen molar-refractivity contribution in [2.24, 2.45) is 0 Å². The Hall–Kier alpha value is -3.54. The maximum atomic E-state index is 11.9. The van der Waals surface area contributed by atoms with E-state index in [1.807, 2.05) is 68.3 Å². The Morgan fingerprint density at radius 3 is 2.26 bits per heavy atom. The molecule has 0 amide bonds. The van der Waals surface area contributed by atoms with E-state index in [4.69, 9.17) is 32.9 Å². The fourth-order valence-corrected chi connectivity index (χ4v) is 4.01. The van der Waals surface area contributed by atoms with Gasteiger partial charge in [0.05, 0.1) is 28.2 Å². The molecule has 0 saturated carbocycles. The number of carbonyl (C=O) groups is 1. The van der Waals surface area contributed by atoms with E-state index >= 15 is 0 Å². The highest BCUT2D eigenvalue weighted by atomic mass is 35.5. The smallest absolute Gasteiger partial charge is 0.335 e. The van der Waals surface area contributed by atoms with Crippen LogP contribution >= 0.6 is 23.2 Å². The molecule has 0 aliphatic carbocycles. The third-order valence-corrected chi connectivity index (χ3v) is 6.49. The number of halogens is 2. The van der Waals surface area contributed by atoms with Crippen LogP contribution in [0.2, 0.25) is 10.0 Å². The molecule has 7 heteroatoms. The van der Waals surface area contributed by atoms with Crippen molar-refractivity contribution < 1.29 is 14.6 Å². The van der Waals surface area contributed by atoms with Crippen molar-refractivity contribution in [2.45, 2.75) is 19.3 Å². The molecule has 0 radical (unpaired) electrons. The number of hydrogen-bond acceptors (Lipinski definition) is 4. The summed E-state index contributed by atoms with van der Waals surface area (Å²) in [7, 11) is 1.96. The van der Waals surface area contributed by atoms with Crippen molar-refractivity contribution >= 4 is 40.5 Å². The van der Waals surface area contributed by atoms with Gasteiger partial charge in [0.1, 0.15) is 11.5 Å². The van der Waals surface area contributed by atoms with E-state index < -0.39 is 11.4 Å². The van der Waals surface area contributed by atoms with Gasteiger partial charge in [0.2, 0.25) is 0 Å². The number of anilines is 2. The van der Waals surface area contributed by atoms with Crippen LogP contribution in [0.15, 0.2) is 85.1 Å². The van der Waals surface area contributed by atoms with Gasteiger partial charge in [0.25, 0.3) is 0 Å². The zero-order valence-electron chi connectivity index (χ0n) is 19.5. The van der Waals surface area contributed by atoms with E-state index in [0.29, 0.717) is 21.5 Å². The number of benzene rings is 3. The Kier molecular flexibility index (Phi) is 7.01. The Morgan fingerprint density at radius 2 is 1.63 bits per heavy atom. The molecule has 0 fully saturated rings. The first kappa shape index (κ1) is 24.6. The van der Waals surface area contributed by atoms with Crippen LogP contribution in [0.25, 0.3) is 0 Å². The maximum absolute atomic E-state index is 11.9. The highest BCUT2D eigenvalue weighted by Crippen LogP contribution is 2.37. The number of hydrogen-bond donors (Lipinski definition) is 1. The lowest BCUT2D eigenvalue weighted by Crippen LogP contribution is -2.21. The summed E-state index contributed by atoms with van der Waals surface area (Å²) in [6, 6.07) is 23.5. The van der Waals surface area contributed by atoms with Crippen molar-refractivity contribution in [1.82, 2.24) is 4.98 Å². The molecule has 0 aliphatic heterocycles. The maximum Gasteiger partial charge on any atom is 0.335 e. The predicted octanol–water partition coefficient (Wildman–Crippen LogP) is 7.97. The minimum atomic E-state index is -1.04. The first-order valence-corrected chi connectivity index (χ1v) is 11.7. The van der Waals surface area contributed by atoms with Gasteiger partial charge < -0.3 is 14.7 Å². The van der Waals surface area contributed by atoms with Crippen LogP contribution in [0.4, 0.5) is 11.4 Å². The van der Waals surface area contributed by atoms with E-state index in [2.05, 4.69) is 0 Å². The molecule has 3 aromatic carbocycles. The van der Waals surface area contributed by atoms with Gasteiger partial charge >= 0.3 is 5.97 Å². The second-order valence-corrected chi connectivity index (χ2v) is 9.49. The Balaban J connectivity index is 1.66. The molecule has 0 aliphatic rings. The standard InChI is InChI=1S/C28H24Cl2N2O3/c1-28(2,26-13-12-22(17-31-26)32(3)21-10-8-20(29)9-11-21)19-14-18(27(33)34)15-23(16-19)35-25-7-5-4-6-24(25)30/h4-17H,1-3H3,(H,33,34). The summed E-state index contributed by atoms with van der Waals surface area (Å²) in [5.74, 6) is -0.201. The Labute approximate surface area is 214 Å². The molecule has 0 atom stereocenters. The van der Waals surface area contributed by atoms with Crippen LogP contribution in [0.1, 0.15) is 35.5 Å². The quantitative estimate of drug-likeness (QED) is 0.275. The minimum Gasteiger partial charge on any atom is -0.478 e. The van der Waals surface area contributed by atoms with Crippen molar-refractivity contribution in [3.05, 3.63) is 112 Å². The van der Waals surface area contributed by atoms with Crippen molar-refractivity contribution in [3.8, 4) is 11.5 Å². The molecule has 1 N–H and O–H groups in total. The van der Waals surface area contributed by atoms with Gasteiger partial charge in [-0.15, -0.1) is 0 Å². The summed E-state index contributed by atoms with van der Waals surface area (Å²) < 4.78 is 5.95. The molecule has 0 bridgehead atoms. The fraction of sp³-hybridized carbons (Fsp3) is 0.143. The molecule has 4 aromatic rings. The summed E-state index contributed by atoms with van der Waals surface area (Å²) in [4.78, 5) is 18.6. The van der Waals surface area contributed by atoms with Gasteiger partial charge in [-0.1, -0.05) is 49.2 Å². The summed E-state index contributed by atoms with van der Waals surface area (Å²) in [6.45, 7) is 4.00. The predicted molar refractivity (Wildman–Crippen MR) is 141 cm³/mol. The molecular formula is C28H24Cl2N2O3. The van der Waals surface area contributed by atoms with Crippen molar-refractivity contribution in [2.75, 3.05) is 11.9 Å². The molecule has 0 saturated heterocycles. The average Bonchev–Trinajstić information content (AvgIpc) is 2.85. The van der Waals surface area contributed by atoms with E-state index in [1.54, 1.807) is 36.5 Å². The zero-order valence-corrected chi connectivity index (χ0v) is 21.0. The topological polar surface area (TPSA) is 62.7 Å². The Morgan fingerprint density at radius 1 is 0.943 bits per heavy atom. The zero-order chi connectivity index (χ0) is 25.2. The monoisotopic (exact) mass is 506 g/mol. The molecule has 0 unspecified atom stereocenters. The molecule has 5 nitrogen and oxygen atoms in total. The molecule has 1 aromatic heterocycles. The third-order valence-electron chi connectivity index (χ3n) is 5.93. The van der Waals surface area contributed by atoms with Gasteiger partial charge in [0, 0.05) is 23.2 Å². The summed E-state index contributed by atoms with van der Waals surface area (Å²) in [5, 5.41) is 10.8.